The number of rotatable bonds is 1. The van der Waals surface area contributed by atoms with Crippen molar-refractivity contribution in [2.24, 2.45) is 22.5 Å². The molecule has 4 atom stereocenters. The molecular weight excluding hydrogens is 124 g/mol. The van der Waals surface area contributed by atoms with Crippen LogP contribution in [-0.4, -0.2) is 24.2 Å². The monoisotopic (exact) mass is 136 g/mol. The minimum absolute atomic E-state index is 0.805. The van der Waals surface area contributed by atoms with E-state index in [0.29, 0.717) is 0 Å². The second-order valence-corrected chi connectivity index (χ2v) is 4.54. The van der Waals surface area contributed by atoms with Crippen molar-refractivity contribution in [3.05, 3.63) is 0 Å². The van der Waals surface area contributed by atoms with E-state index in [2.05, 4.69) is 4.90 Å². The van der Waals surface area contributed by atoms with Crippen LogP contribution >= 0.6 is 0 Å². The molecule has 2 bridgehead atoms. The molecule has 5 fully saturated rings. The Kier molecular flexibility index (Phi) is 0.426. The summed E-state index contributed by atoms with van der Waals surface area (Å²) in [5.74, 6) is 1.14. The summed E-state index contributed by atoms with van der Waals surface area (Å²) < 4.78 is 0. The highest BCUT2D eigenvalue weighted by molar-refractivity contribution is 5.57. The number of fused-ring (bicyclic) bond motifs is 2. The molecule has 2 heteroatoms. The summed E-state index contributed by atoms with van der Waals surface area (Å²) in [6, 6.07) is 0.964. The molecule has 2 heterocycles. The molecule has 3 saturated carbocycles. The van der Waals surface area contributed by atoms with Crippen molar-refractivity contribution in [2.75, 3.05) is 13.2 Å². The zero-order valence-electron chi connectivity index (χ0n) is 6.01. The van der Waals surface area contributed by atoms with Crippen LogP contribution in [-0.2, 0) is 0 Å². The van der Waals surface area contributed by atoms with E-state index in [9.17, 15) is 0 Å². The highest BCUT2D eigenvalue weighted by atomic mass is 15.4. The number of hydrogen-bond acceptors (Lipinski definition) is 2. The van der Waals surface area contributed by atoms with Gasteiger partial charge in [0.1, 0.15) is 0 Å². The first-order chi connectivity index (χ1) is 4.87. The quantitative estimate of drug-likeness (QED) is 0.549. The molecule has 0 aromatic carbocycles. The second-order valence-electron chi connectivity index (χ2n) is 4.54. The van der Waals surface area contributed by atoms with Crippen molar-refractivity contribution in [3.63, 3.8) is 0 Å². The van der Waals surface area contributed by atoms with Crippen LogP contribution in [0.4, 0.5) is 0 Å². The van der Waals surface area contributed by atoms with Crippen molar-refractivity contribution in [2.45, 2.75) is 18.9 Å². The fourth-order valence-electron chi connectivity index (χ4n) is 4.02. The Morgan fingerprint density at radius 3 is 3.00 bits per heavy atom. The van der Waals surface area contributed by atoms with Crippen LogP contribution in [0.2, 0.25) is 0 Å². The lowest BCUT2D eigenvalue weighted by atomic mass is 9.97. The smallest absolute Gasteiger partial charge is 0.0458 e. The van der Waals surface area contributed by atoms with E-state index in [1.54, 1.807) is 6.42 Å². The highest BCUT2D eigenvalue weighted by Gasteiger charge is 3.08. The van der Waals surface area contributed by atoms with Crippen LogP contribution in [0.1, 0.15) is 12.8 Å². The number of nitrogens with two attached hydrogens (primary N) is 1. The molecule has 2 spiro atoms. The van der Waals surface area contributed by atoms with Crippen molar-refractivity contribution in [1.82, 2.24) is 4.90 Å². The van der Waals surface area contributed by atoms with E-state index in [1.807, 2.05) is 0 Å². The van der Waals surface area contributed by atoms with Gasteiger partial charge in [0.2, 0.25) is 0 Å². The van der Waals surface area contributed by atoms with Gasteiger partial charge >= 0.3 is 0 Å². The van der Waals surface area contributed by atoms with E-state index < -0.39 is 0 Å². The molecule has 0 amide bonds. The summed E-state index contributed by atoms with van der Waals surface area (Å²) in [6.45, 7) is 2.10. The molecule has 2 N–H and O–H groups in total. The second kappa shape index (κ2) is 0.901. The van der Waals surface area contributed by atoms with Gasteiger partial charge in [0, 0.05) is 19.3 Å². The van der Waals surface area contributed by atoms with Crippen molar-refractivity contribution in [3.8, 4) is 0 Å². The van der Waals surface area contributed by atoms with Gasteiger partial charge in [-0.3, -0.25) is 4.90 Å². The maximum Gasteiger partial charge on any atom is 0.0458 e. The van der Waals surface area contributed by atoms with Crippen molar-refractivity contribution in [1.29, 1.82) is 0 Å². The SMILES string of the molecule is NCN1CCC23CC24C1C34. The molecular formula is C8H12N2. The molecule has 2 aliphatic heterocycles. The largest absolute Gasteiger partial charge is 0.318 e. The van der Waals surface area contributed by atoms with Gasteiger partial charge in [-0.2, -0.15) is 0 Å². The zero-order valence-corrected chi connectivity index (χ0v) is 6.01. The van der Waals surface area contributed by atoms with Crippen LogP contribution < -0.4 is 5.73 Å². The lowest BCUT2D eigenvalue weighted by molar-refractivity contribution is 0.143. The zero-order chi connectivity index (χ0) is 6.56. The average molecular weight is 136 g/mol. The number of hydrogen-bond donors (Lipinski definition) is 1. The van der Waals surface area contributed by atoms with Crippen molar-refractivity contribution >= 4 is 0 Å². The van der Waals surface area contributed by atoms with Crippen molar-refractivity contribution < 1.29 is 0 Å². The Morgan fingerprint density at radius 1 is 1.60 bits per heavy atom. The molecule has 0 aromatic rings. The van der Waals surface area contributed by atoms with E-state index >= 15 is 0 Å². The standard InChI is InChI=1S/C8H12N2/c9-4-10-2-1-7-3-8(7)5(7)6(8)10/h5-6H,1-4,9H2. The van der Waals surface area contributed by atoms with E-state index in [-0.39, 0.29) is 0 Å². The van der Waals surface area contributed by atoms with E-state index in [1.165, 1.54) is 13.0 Å². The van der Waals surface area contributed by atoms with Crippen LogP contribution in [0.5, 0.6) is 0 Å². The molecule has 3 aliphatic carbocycles. The highest BCUT2D eigenvalue weighted by Crippen LogP contribution is 3.08. The van der Waals surface area contributed by atoms with Gasteiger partial charge in [-0.15, -0.1) is 0 Å². The fraction of sp³-hybridized carbons (Fsp3) is 1.00. The maximum atomic E-state index is 5.63. The first kappa shape index (κ1) is 4.73. The molecule has 4 unspecified atom stereocenters. The van der Waals surface area contributed by atoms with Gasteiger partial charge in [0.25, 0.3) is 0 Å². The molecule has 54 valence electrons. The molecule has 5 aliphatic rings. The summed E-state index contributed by atoms with van der Waals surface area (Å²) in [5.41, 5.74) is 7.46. The third kappa shape index (κ3) is 0.206. The van der Waals surface area contributed by atoms with Gasteiger partial charge < -0.3 is 5.73 Å². The van der Waals surface area contributed by atoms with E-state index in [4.69, 9.17) is 5.73 Å². The Labute approximate surface area is 60.4 Å². The minimum atomic E-state index is 0.805. The Hall–Kier alpha value is -0.0800. The lowest BCUT2D eigenvalue weighted by Gasteiger charge is -2.32. The molecule has 5 rings (SSSR count). The Balaban J connectivity index is 1.74. The molecule has 0 aromatic heterocycles. The normalized spacial score (nSPS) is 74.1. The van der Waals surface area contributed by atoms with Gasteiger partial charge in [-0.05, 0) is 29.6 Å². The average Bonchev–Trinajstić information content (AvgIpc) is 2.79. The molecule has 2 saturated heterocycles. The number of nitrogens with zero attached hydrogens (tertiary/aromatic N) is 1. The molecule has 2 nitrogen and oxygen atoms in total. The lowest BCUT2D eigenvalue weighted by Crippen LogP contribution is -2.42. The third-order valence-electron chi connectivity index (χ3n) is 4.68. The van der Waals surface area contributed by atoms with Crippen LogP contribution in [0.15, 0.2) is 0 Å². The first-order valence-electron chi connectivity index (χ1n) is 4.31. The number of piperidine rings is 2. The Morgan fingerprint density at radius 2 is 2.40 bits per heavy atom. The minimum Gasteiger partial charge on any atom is -0.318 e. The van der Waals surface area contributed by atoms with Gasteiger partial charge in [-0.1, -0.05) is 0 Å². The third-order valence-corrected chi connectivity index (χ3v) is 4.68. The topological polar surface area (TPSA) is 29.3 Å². The summed E-state index contributed by atoms with van der Waals surface area (Å²) in [6.07, 6.45) is 3.02. The summed E-state index contributed by atoms with van der Waals surface area (Å²) in [7, 11) is 0. The van der Waals surface area contributed by atoms with Gasteiger partial charge in [0.15, 0.2) is 0 Å². The molecule has 0 radical (unpaired) electrons. The summed E-state index contributed by atoms with van der Waals surface area (Å²) >= 11 is 0. The maximum absolute atomic E-state index is 5.63. The van der Waals surface area contributed by atoms with Gasteiger partial charge in [0.05, 0.1) is 0 Å². The predicted octanol–water partition coefficient (Wildman–Crippen LogP) is -0.00320. The molecule has 10 heavy (non-hydrogen) atoms. The predicted molar refractivity (Wildman–Crippen MR) is 37.1 cm³/mol. The van der Waals surface area contributed by atoms with E-state index in [0.717, 1.165) is 29.5 Å². The fourth-order valence-corrected chi connectivity index (χ4v) is 4.02. The van der Waals surface area contributed by atoms with Crippen LogP contribution in [0.25, 0.3) is 0 Å². The first-order valence-corrected chi connectivity index (χ1v) is 4.31. The summed E-state index contributed by atoms with van der Waals surface area (Å²) in [4.78, 5) is 2.49. The van der Waals surface area contributed by atoms with Gasteiger partial charge in [-0.25, -0.2) is 0 Å². The Bertz CT molecular complexity index is 239. The van der Waals surface area contributed by atoms with Crippen LogP contribution in [0, 0.1) is 16.7 Å². The summed E-state index contributed by atoms with van der Waals surface area (Å²) in [5, 5.41) is 0. The van der Waals surface area contributed by atoms with Crippen LogP contribution in [0.3, 0.4) is 0 Å².